The Morgan fingerprint density at radius 1 is 0.839 bits per heavy atom. The third-order valence-electron chi connectivity index (χ3n) is 4.66. The predicted octanol–water partition coefficient (Wildman–Crippen LogP) is 1.66. The lowest BCUT2D eigenvalue weighted by Gasteiger charge is -2.36. The SMILES string of the molecule is CC(=O)OC1C(COC(=O)c2ccccc2)=CC(O)C(OC(=O)c2ccccc2)C1O. The normalized spacial score (nSPS) is 22.7. The van der Waals surface area contributed by atoms with Crippen LogP contribution < -0.4 is 0 Å². The first kappa shape index (κ1) is 22.2. The van der Waals surface area contributed by atoms with Crippen LogP contribution in [0.3, 0.4) is 0 Å². The smallest absolute Gasteiger partial charge is 0.338 e. The molecule has 8 nitrogen and oxygen atoms in total. The number of rotatable bonds is 6. The topological polar surface area (TPSA) is 119 Å². The van der Waals surface area contributed by atoms with Crippen molar-refractivity contribution < 1.29 is 38.8 Å². The van der Waals surface area contributed by atoms with Crippen molar-refractivity contribution in [1.29, 1.82) is 0 Å². The van der Waals surface area contributed by atoms with E-state index < -0.39 is 42.3 Å². The number of hydrogen-bond donors (Lipinski definition) is 2. The van der Waals surface area contributed by atoms with Gasteiger partial charge in [-0.3, -0.25) is 4.79 Å². The summed E-state index contributed by atoms with van der Waals surface area (Å²) in [6, 6.07) is 16.3. The zero-order valence-electron chi connectivity index (χ0n) is 16.7. The molecule has 162 valence electrons. The van der Waals surface area contributed by atoms with Crippen LogP contribution in [0.2, 0.25) is 0 Å². The number of aliphatic hydroxyl groups is 2. The highest BCUT2D eigenvalue weighted by molar-refractivity contribution is 5.90. The minimum atomic E-state index is -1.57. The Labute approximate surface area is 178 Å². The highest BCUT2D eigenvalue weighted by Gasteiger charge is 2.43. The second-order valence-corrected chi connectivity index (χ2v) is 6.93. The van der Waals surface area contributed by atoms with Gasteiger partial charge in [-0.05, 0) is 30.3 Å². The number of benzene rings is 2. The summed E-state index contributed by atoms with van der Waals surface area (Å²) in [4.78, 5) is 36.1. The van der Waals surface area contributed by atoms with Crippen LogP contribution in [0.4, 0.5) is 0 Å². The zero-order chi connectivity index (χ0) is 22.4. The van der Waals surface area contributed by atoms with Crippen molar-refractivity contribution in [3.8, 4) is 0 Å². The van der Waals surface area contributed by atoms with E-state index in [1.165, 1.54) is 18.2 Å². The number of aliphatic hydroxyl groups excluding tert-OH is 2. The van der Waals surface area contributed by atoms with Gasteiger partial charge in [-0.15, -0.1) is 0 Å². The molecule has 0 fully saturated rings. The van der Waals surface area contributed by atoms with E-state index in [2.05, 4.69) is 0 Å². The molecule has 1 aliphatic rings. The number of ether oxygens (including phenoxy) is 3. The fourth-order valence-corrected chi connectivity index (χ4v) is 3.17. The van der Waals surface area contributed by atoms with E-state index in [4.69, 9.17) is 14.2 Å². The fraction of sp³-hybridized carbons (Fsp3) is 0.261. The van der Waals surface area contributed by atoms with Crippen molar-refractivity contribution in [2.45, 2.75) is 31.3 Å². The van der Waals surface area contributed by atoms with Gasteiger partial charge in [0.1, 0.15) is 18.8 Å². The van der Waals surface area contributed by atoms with Crippen LogP contribution >= 0.6 is 0 Å². The van der Waals surface area contributed by atoms with E-state index in [1.54, 1.807) is 48.5 Å². The predicted molar refractivity (Wildman–Crippen MR) is 108 cm³/mol. The van der Waals surface area contributed by atoms with Crippen molar-refractivity contribution in [3.63, 3.8) is 0 Å². The Morgan fingerprint density at radius 2 is 1.39 bits per heavy atom. The van der Waals surface area contributed by atoms with Gasteiger partial charge in [-0.25, -0.2) is 9.59 Å². The van der Waals surface area contributed by atoms with Gasteiger partial charge in [0.25, 0.3) is 0 Å². The Morgan fingerprint density at radius 3 is 1.94 bits per heavy atom. The first-order valence-electron chi connectivity index (χ1n) is 9.59. The standard InChI is InChI=1S/C23H22O8/c1-14(24)30-20-17(13-29-22(27)15-8-4-2-5-9-15)12-18(25)21(19(20)26)31-23(28)16-10-6-3-7-11-16/h2-12,18-21,25-26H,13H2,1H3. The Bertz CT molecular complexity index is 954. The summed E-state index contributed by atoms with van der Waals surface area (Å²) < 4.78 is 15.7. The molecule has 8 heteroatoms. The molecule has 0 aromatic heterocycles. The molecule has 2 N–H and O–H groups in total. The molecule has 0 aliphatic heterocycles. The third-order valence-corrected chi connectivity index (χ3v) is 4.66. The average Bonchev–Trinajstić information content (AvgIpc) is 2.78. The van der Waals surface area contributed by atoms with E-state index in [0.29, 0.717) is 5.56 Å². The third kappa shape index (κ3) is 5.56. The van der Waals surface area contributed by atoms with Crippen LogP contribution in [0.1, 0.15) is 27.6 Å². The monoisotopic (exact) mass is 426 g/mol. The molecule has 2 aromatic carbocycles. The summed E-state index contributed by atoms with van der Waals surface area (Å²) in [5.41, 5.74) is 0.725. The molecular weight excluding hydrogens is 404 g/mol. The van der Waals surface area contributed by atoms with Crippen molar-refractivity contribution in [2.75, 3.05) is 6.61 Å². The molecule has 0 radical (unpaired) electrons. The number of carbonyl (C=O) groups excluding carboxylic acids is 3. The summed E-state index contributed by atoms with van der Waals surface area (Å²) in [6.45, 7) is 0.815. The molecule has 0 heterocycles. The molecule has 2 aromatic rings. The fourth-order valence-electron chi connectivity index (χ4n) is 3.17. The second-order valence-electron chi connectivity index (χ2n) is 6.93. The molecule has 0 saturated heterocycles. The summed E-state index contributed by atoms with van der Waals surface area (Å²) >= 11 is 0. The maximum absolute atomic E-state index is 12.3. The first-order chi connectivity index (χ1) is 14.9. The van der Waals surface area contributed by atoms with Gasteiger partial charge >= 0.3 is 17.9 Å². The van der Waals surface area contributed by atoms with E-state index in [0.717, 1.165) is 6.92 Å². The van der Waals surface area contributed by atoms with Gasteiger partial charge in [-0.1, -0.05) is 36.4 Å². The van der Waals surface area contributed by atoms with Gasteiger partial charge in [0.05, 0.1) is 11.1 Å². The molecule has 0 spiro atoms. The maximum Gasteiger partial charge on any atom is 0.338 e. The second kappa shape index (κ2) is 10.0. The van der Waals surface area contributed by atoms with Crippen LogP contribution in [-0.4, -0.2) is 59.1 Å². The van der Waals surface area contributed by atoms with Gasteiger partial charge in [0, 0.05) is 12.5 Å². The van der Waals surface area contributed by atoms with Gasteiger partial charge in [-0.2, -0.15) is 0 Å². The molecule has 0 amide bonds. The Balaban J connectivity index is 1.75. The molecule has 0 bridgehead atoms. The van der Waals surface area contributed by atoms with Crippen LogP contribution in [0, 0.1) is 0 Å². The maximum atomic E-state index is 12.3. The van der Waals surface area contributed by atoms with Gasteiger partial charge in [0.2, 0.25) is 0 Å². The summed E-state index contributed by atoms with van der Waals surface area (Å²) in [7, 11) is 0. The first-order valence-corrected chi connectivity index (χ1v) is 9.59. The van der Waals surface area contributed by atoms with Crippen molar-refractivity contribution in [1.82, 2.24) is 0 Å². The van der Waals surface area contributed by atoms with Crippen molar-refractivity contribution >= 4 is 17.9 Å². The van der Waals surface area contributed by atoms with Crippen molar-refractivity contribution in [3.05, 3.63) is 83.4 Å². The lowest BCUT2D eigenvalue weighted by Crippen LogP contribution is -2.52. The van der Waals surface area contributed by atoms with E-state index >= 15 is 0 Å². The molecular formula is C23H22O8. The molecule has 1 aliphatic carbocycles. The van der Waals surface area contributed by atoms with Crippen LogP contribution in [0.25, 0.3) is 0 Å². The molecule has 3 rings (SSSR count). The zero-order valence-corrected chi connectivity index (χ0v) is 16.7. The Kier molecular flexibility index (Phi) is 7.17. The number of carbonyl (C=O) groups is 3. The molecule has 4 atom stereocenters. The highest BCUT2D eigenvalue weighted by Crippen LogP contribution is 2.27. The van der Waals surface area contributed by atoms with Crippen LogP contribution in [0.5, 0.6) is 0 Å². The van der Waals surface area contributed by atoms with E-state index in [9.17, 15) is 24.6 Å². The molecule has 4 unspecified atom stereocenters. The number of esters is 3. The van der Waals surface area contributed by atoms with E-state index in [1.807, 2.05) is 0 Å². The molecule has 0 saturated carbocycles. The number of hydrogen-bond acceptors (Lipinski definition) is 8. The minimum Gasteiger partial charge on any atom is -0.457 e. The minimum absolute atomic E-state index is 0.173. The summed E-state index contributed by atoms with van der Waals surface area (Å²) in [6.07, 6.45) is -4.37. The summed E-state index contributed by atoms with van der Waals surface area (Å²) in [5.74, 6) is -2.07. The lowest BCUT2D eigenvalue weighted by atomic mass is 9.89. The Hall–Kier alpha value is -3.49. The molecule has 31 heavy (non-hydrogen) atoms. The van der Waals surface area contributed by atoms with Crippen LogP contribution in [0.15, 0.2) is 72.3 Å². The van der Waals surface area contributed by atoms with Crippen molar-refractivity contribution in [2.24, 2.45) is 0 Å². The highest BCUT2D eigenvalue weighted by atomic mass is 16.6. The average molecular weight is 426 g/mol. The largest absolute Gasteiger partial charge is 0.457 e. The van der Waals surface area contributed by atoms with Crippen LogP contribution in [-0.2, 0) is 19.0 Å². The lowest BCUT2D eigenvalue weighted by molar-refractivity contribution is -0.159. The van der Waals surface area contributed by atoms with E-state index in [-0.39, 0.29) is 17.7 Å². The summed E-state index contributed by atoms with van der Waals surface area (Å²) in [5, 5.41) is 21.1. The quantitative estimate of drug-likeness (QED) is 0.407. The van der Waals surface area contributed by atoms with Gasteiger partial charge in [0.15, 0.2) is 12.2 Å². The van der Waals surface area contributed by atoms with Gasteiger partial charge < -0.3 is 24.4 Å².